The van der Waals surface area contributed by atoms with Gasteiger partial charge in [-0.3, -0.25) is 4.79 Å². The average molecular weight is 285 g/mol. The Labute approximate surface area is 103 Å². The van der Waals surface area contributed by atoms with Crippen LogP contribution in [0.2, 0.25) is 0 Å². The first-order valence-corrected chi connectivity index (χ1v) is 5.61. The van der Waals surface area contributed by atoms with Crippen molar-refractivity contribution in [2.45, 2.75) is 26.4 Å². The quantitative estimate of drug-likeness (QED) is 0.619. The van der Waals surface area contributed by atoms with Gasteiger partial charge in [-0.05, 0) is 39.0 Å². The summed E-state index contributed by atoms with van der Waals surface area (Å²) in [6, 6.07) is 4.73. The van der Waals surface area contributed by atoms with E-state index in [9.17, 15) is 9.59 Å². The molecule has 0 atom stereocenters. The van der Waals surface area contributed by atoms with Crippen molar-refractivity contribution in [3.63, 3.8) is 0 Å². The predicted molar refractivity (Wildman–Crippen MR) is 64.7 cm³/mol. The van der Waals surface area contributed by atoms with Crippen LogP contribution in [0.15, 0.2) is 22.7 Å². The third-order valence-corrected chi connectivity index (χ3v) is 2.45. The number of aldehydes is 1. The molecule has 0 aliphatic carbocycles. The molecule has 0 N–H and O–H groups in total. The summed E-state index contributed by atoms with van der Waals surface area (Å²) >= 11 is 3.22. The Balaban J connectivity index is 2.94. The maximum Gasteiger partial charge on any atom is 0.338 e. The zero-order valence-electron chi connectivity index (χ0n) is 9.41. The molecule has 0 heterocycles. The number of carbonyl (C=O) groups is 2. The van der Waals surface area contributed by atoms with Gasteiger partial charge in [0.25, 0.3) is 0 Å². The number of rotatable bonds is 2. The highest BCUT2D eigenvalue weighted by Crippen LogP contribution is 2.19. The Morgan fingerprint density at radius 3 is 2.44 bits per heavy atom. The molecule has 0 amide bonds. The second-order valence-corrected chi connectivity index (χ2v) is 5.21. The van der Waals surface area contributed by atoms with E-state index in [2.05, 4.69) is 15.9 Å². The van der Waals surface area contributed by atoms with Gasteiger partial charge in [0.1, 0.15) is 5.60 Å². The number of hydrogen-bond donors (Lipinski definition) is 0. The number of esters is 1. The van der Waals surface area contributed by atoms with Crippen LogP contribution in [0.25, 0.3) is 0 Å². The molecule has 1 aromatic carbocycles. The van der Waals surface area contributed by atoms with Crippen LogP contribution < -0.4 is 0 Å². The standard InChI is InChI=1S/C12H13BrO3/c1-12(2,3)16-11(15)8-4-5-9(7-14)10(13)6-8/h4-7H,1-3H3. The second-order valence-electron chi connectivity index (χ2n) is 4.36. The molecule has 0 aliphatic rings. The molecule has 0 saturated heterocycles. The summed E-state index contributed by atoms with van der Waals surface area (Å²) in [4.78, 5) is 22.3. The number of halogens is 1. The van der Waals surface area contributed by atoms with Crippen molar-refractivity contribution in [2.24, 2.45) is 0 Å². The zero-order chi connectivity index (χ0) is 12.3. The highest BCUT2D eigenvalue weighted by atomic mass is 79.9. The zero-order valence-corrected chi connectivity index (χ0v) is 11.0. The van der Waals surface area contributed by atoms with Gasteiger partial charge in [-0.2, -0.15) is 0 Å². The summed E-state index contributed by atoms with van der Waals surface area (Å²) in [5, 5.41) is 0. The van der Waals surface area contributed by atoms with E-state index in [0.717, 1.165) is 6.29 Å². The van der Waals surface area contributed by atoms with Gasteiger partial charge in [0.15, 0.2) is 6.29 Å². The molecule has 16 heavy (non-hydrogen) atoms. The molecule has 0 radical (unpaired) electrons. The van der Waals surface area contributed by atoms with Gasteiger partial charge in [0.2, 0.25) is 0 Å². The van der Waals surface area contributed by atoms with Gasteiger partial charge in [-0.15, -0.1) is 0 Å². The van der Waals surface area contributed by atoms with E-state index in [1.54, 1.807) is 39.0 Å². The van der Waals surface area contributed by atoms with Crippen molar-refractivity contribution in [1.82, 2.24) is 0 Å². The lowest BCUT2D eigenvalue weighted by Crippen LogP contribution is -2.23. The normalized spacial score (nSPS) is 11.0. The Hall–Kier alpha value is -1.16. The number of hydrogen-bond acceptors (Lipinski definition) is 3. The summed E-state index contributed by atoms with van der Waals surface area (Å²) in [5.41, 5.74) is 0.409. The van der Waals surface area contributed by atoms with E-state index in [1.807, 2.05) is 0 Å². The first-order valence-electron chi connectivity index (χ1n) is 4.81. The topological polar surface area (TPSA) is 43.4 Å². The van der Waals surface area contributed by atoms with Crippen molar-refractivity contribution >= 4 is 28.2 Å². The molecule has 0 fully saturated rings. The monoisotopic (exact) mass is 284 g/mol. The molecule has 86 valence electrons. The molecule has 0 saturated carbocycles. The van der Waals surface area contributed by atoms with Gasteiger partial charge in [0, 0.05) is 10.0 Å². The molecule has 0 spiro atoms. The molecule has 0 aromatic heterocycles. The Bertz CT molecular complexity index is 419. The maximum atomic E-state index is 11.7. The van der Waals surface area contributed by atoms with Gasteiger partial charge >= 0.3 is 5.97 Å². The van der Waals surface area contributed by atoms with Crippen LogP contribution >= 0.6 is 15.9 Å². The molecule has 0 unspecified atom stereocenters. The fraction of sp³-hybridized carbons (Fsp3) is 0.333. The molecule has 0 bridgehead atoms. The first-order chi connectivity index (χ1) is 7.33. The largest absolute Gasteiger partial charge is 0.456 e. The molecule has 3 nitrogen and oxygen atoms in total. The van der Waals surface area contributed by atoms with E-state index in [0.29, 0.717) is 15.6 Å². The van der Waals surface area contributed by atoms with Crippen molar-refractivity contribution in [1.29, 1.82) is 0 Å². The molecule has 4 heteroatoms. The van der Waals surface area contributed by atoms with Gasteiger partial charge in [-0.25, -0.2) is 4.79 Å². The lowest BCUT2D eigenvalue weighted by atomic mass is 10.1. The summed E-state index contributed by atoms with van der Waals surface area (Å²) in [7, 11) is 0. The molecular weight excluding hydrogens is 272 g/mol. The minimum atomic E-state index is -0.521. The van der Waals surface area contributed by atoms with E-state index in [-0.39, 0.29) is 0 Å². The van der Waals surface area contributed by atoms with Crippen molar-refractivity contribution in [3.8, 4) is 0 Å². The SMILES string of the molecule is CC(C)(C)OC(=O)c1ccc(C=O)c(Br)c1. The van der Waals surface area contributed by atoms with Crippen molar-refractivity contribution in [2.75, 3.05) is 0 Å². The Morgan fingerprint density at radius 2 is 2.00 bits per heavy atom. The summed E-state index contributed by atoms with van der Waals surface area (Å²) in [6.45, 7) is 5.42. The van der Waals surface area contributed by atoms with Crippen LogP contribution in [0.4, 0.5) is 0 Å². The summed E-state index contributed by atoms with van der Waals surface area (Å²) in [5.74, 6) is -0.398. The Kier molecular flexibility index (Phi) is 3.86. The average Bonchev–Trinajstić information content (AvgIpc) is 2.15. The third kappa shape index (κ3) is 3.45. The first kappa shape index (κ1) is 12.9. The van der Waals surface area contributed by atoms with Crippen molar-refractivity contribution in [3.05, 3.63) is 33.8 Å². The van der Waals surface area contributed by atoms with Crippen LogP contribution in [0.3, 0.4) is 0 Å². The number of benzene rings is 1. The van der Waals surface area contributed by atoms with Crippen LogP contribution in [-0.4, -0.2) is 17.9 Å². The Morgan fingerprint density at radius 1 is 1.38 bits per heavy atom. The smallest absolute Gasteiger partial charge is 0.338 e. The van der Waals surface area contributed by atoms with E-state index < -0.39 is 11.6 Å². The molecule has 0 aliphatic heterocycles. The summed E-state index contributed by atoms with van der Waals surface area (Å²) < 4.78 is 5.79. The number of ether oxygens (including phenoxy) is 1. The fourth-order valence-electron chi connectivity index (χ4n) is 1.09. The minimum absolute atomic E-state index is 0.398. The number of carbonyl (C=O) groups excluding carboxylic acids is 2. The van der Waals surface area contributed by atoms with E-state index in [1.165, 1.54) is 0 Å². The molecule has 1 aromatic rings. The summed E-state index contributed by atoms with van der Waals surface area (Å²) in [6.07, 6.45) is 0.725. The van der Waals surface area contributed by atoms with Crippen LogP contribution in [-0.2, 0) is 4.74 Å². The fourth-order valence-corrected chi connectivity index (χ4v) is 1.56. The van der Waals surface area contributed by atoms with Gasteiger partial charge in [-0.1, -0.05) is 15.9 Å². The molecular formula is C12H13BrO3. The predicted octanol–water partition coefficient (Wildman–Crippen LogP) is 3.22. The lowest BCUT2D eigenvalue weighted by Gasteiger charge is -2.19. The second kappa shape index (κ2) is 4.78. The minimum Gasteiger partial charge on any atom is -0.456 e. The maximum absolute atomic E-state index is 11.7. The van der Waals surface area contributed by atoms with Crippen LogP contribution in [0.5, 0.6) is 0 Å². The molecule has 1 rings (SSSR count). The van der Waals surface area contributed by atoms with Gasteiger partial charge in [0.05, 0.1) is 5.56 Å². The highest BCUT2D eigenvalue weighted by molar-refractivity contribution is 9.10. The van der Waals surface area contributed by atoms with Gasteiger partial charge < -0.3 is 4.74 Å². The van der Waals surface area contributed by atoms with E-state index >= 15 is 0 Å². The van der Waals surface area contributed by atoms with Crippen LogP contribution in [0, 0.1) is 0 Å². The third-order valence-electron chi connectivity index (χ3n) is 1.76. The lowest BCUT2D eigenvalue weighted by molar-refractivity contribution is 0.00693. The van der Waals surface area contributed by atoms with Crippen molar-refractivity contribution < 1.29 is 14.3 Å². The van der Waals surface area contributed by atoms with E-state index in [4.69, 9.17) is 4.74 Å². The van der Waals surface area contributed by atoms with Crippen LogP contribution in [0.1, 0.15) is 41.5 Å². The highest BCUT2D eigenvalue weighted by Gasteiger charge is 2.18.